The van der Waals surface area contributed by atoms with Gasteiger partial charge in [0, 0.05) is 22.2 Å². The maximum absolute atomic E-state index is 14.2. The van der Waals surface area contributed by atoms with Gasteiger partial charge in [-0.15, -0.1) is 0 Å². The maximum Gasteiger partial charge on any atom is 0.416 e. The molecule has 0 radical (unpaired) electrons. The molecule has 1 atom stereocenters. The minimum absolute atomic E-state index is 0.0444. The third-order valence-electron chi connectivity index (χ3n) is 6.74. The number of hydrogen-bond donors (Lipinski definition) is 2. The van der Waals surface area contributed by atoms with E-state index in [9.17, 15) is 36.0 Å². The van der Waals surface area contributed by atoms with Crippen molar-refractivity contribution in [1.29, 1.82) is 0 Å². The van der Waals surface area contributed by atoms with Crippen LogP contribution in [0.4, 0.5) is 18.0 Å². The van der Waals surface area contributed by atoms with E-state index in [0.717, 1.165) is 6.07 Å². The van der Waals surface area contributed by atoms with Crippen molar-refractivity contribution in [1.82, 2.24) is 10.6 Å². The van der Waals surface area contributed by atoms with Crippen LogP contribution in [0.1, 0.15) is 101 Å². The van der Waals surface area contributed by atoms with Gasteiger partial charge in [-0.05, 0) is 102 Å². The van der Waals surface area contributed by atoms with Crippen LogP contribution in [0.3, 0.4) is 0 Å². The Kier molecular flexibility index (Phi) is 14.2. The van der Waals surface area contributed by atoms with Gasteiger partial charge in [-0.2, -0.15) is 13.2 Å². The summed E-state index contributed by atoms with van der Waals surface area (Å²) < 4.78 is 78.1. The van der Waals surface area contributed by atoms with Crippen molar-refractivity contribution in [3.63, 3.8) is 0 Å². The fourth-order valence-electron chi connectivity index (χ4n) is 4.60. The van der Waals surface area contributed by atoms with Gasteiger partial charge in [0.25, 0.3) is 5.91 Å². The van der Waals surface area contributed by atoms with Crippen LogP contribution in [-0.4, -0.2) is 49.4 Å². The highest BCUT2D eigenvalue weighted by Crippen LogP contribution is 2.37. The molecule has 0 saturated heterocycles. The summed E-state index contributed by atoms with van der Waals surface area (Å²) in [4.78, 5) is 38.0. The van der Waals surface area contributed by atoms with Gasteiger partial charge in [0.15, 0.2) is 9.84 Å². The van der Waals surface area contributed by atoms with E-state index in [1.54, 1.807) is 41.5 Å². The Hall–Kier alpha value is -3.03. The number of amides is 2. The molecule has 2 aromatic carbocycles. The lowest BCUT2D eigenvalue weighted by Crippen LogP contribution is -2.46. The fraction of sp³-hybridized carbons (Fsp3) is 0.545. The van der Waals surface area contributed by atoms with Crippen LogP contribution in [-0.2, 0) is 43.2 Å². The van der Waals surface area contributed by atoms with Gasteiger partial charge in [-0.1, -0.05) is 43.0 Å². The van der Waals surface area contributed by atoms with Gasteiger partial charge in [0.1, 0.15) is 17.2 Å². The molecule has 2 N–H and O–H groups in total. The van der Waals surface area contributed by atoms with E-state index in [4.69, 9.17) is 32.7 Å². The summed E-state index contributed by atoms with van der Waals surface area (Å²) in [6.07, 6.45) is -4.56. The zero-order chi connectivity index (χ0) is 36.7. The van der Waals surface area contributed by atoms with Gasteiger partial charge in [0.05, 0.1) is 16.2 Å². The smallest absolute Gasteiger partial charge is 0.416 e. The number of hydrogen-bond acceptors (Lipinski definition) is 7. The average Bonchev–Trinajstić information content (AvgIpc) is 2.92. The van der Waals surface area contributed by atoms with E-state index in [-0.39, 0.29) is 63.2 Å². The second-order valence-corrected chi connectivity index (χ2v) is 16.2. The zero-order valence-corrected chi connectivity index (χ0v) is 30.4. The van der Waals surface area contributed by atoms with E-state index in [0.29, 0.717) is 18.9 Å². The lowest BCUT2D eigenvalue weighted by atomic mass is 9.97. The fourth-order valence-corrected chi connectivity index (χ4v) is 6.22. The van der Waals surface area contributed by atoms with Crippen LogP contribution in [0.25, 0.3) is 0 Å². The van der Waals surface area contributed by atoms with Gasteiger partial charge < -0.3 is 20.1 Å². The number of ether oxygens (including phenoxy) is 2. The third-order valence-corrected chi connectivity index (χ3v) is 9.14. The lowest BCUT2D eigenvalue weighted by molar-refractivity contribution is -0.157. The molecule has 0 saturated carbocycles. The summed E-state index contributed by atoms with van der Waals surface area (Å²) in [5, 5.41) is 4.94. The molecule has 15 heteroatoms. The van der Waals surface area contributed by atoms with Crippen molar-refractivity contribution in [3.8, 4) is 0 Å². The Bertz CT molecular complexity index is 1590. The normalized spacial score (nSPS) is 13.1. The van der Waals surface area contributed by atoms with Crippen LogP contribution in [0, 0.1) is 0 Å². The highest BCUT2D eigenvalue weighted by molar-refractivity contribution is 7.91. The van der Waals surface area contributed by atoms with E-state index in [2.05, 4.69) is 10.6 Å². The number of sulfone groups is 1. The minimum Gasteiger partial charge on any atom is -0.458 e. The summed E-state index contributed by atoms with van der Waals surface area (Å²) in [7, 11) is -3.67. The molecule has 9 nitrogen and oxygen atoms in total. The number of carbonyl (C=O) groups excluding carboxylic acids is 3. The van der Waals surface area contributed by atoms with Gasteiger partial charge >= 0.3 is 18.2 Å². The average molecular weight is 740 g/mol. The van der Waals surface area contributed by atoms with Crippen LogP contribution in [0.15, 0.2) is 35.2 Å². The van der Waals surface area contributed by atoms with Gasteiger partial charge in [-0.3, -0.25) is 4.79 Å². The molecule has 268 valence electrons. The monoisotopic (exact) mass is 738 g/mol. The molecule has 48 heavy (non-hydrogen) atoms. The van der Waals surface area contributed by atoms with Crippen molar-refractivity contribution in [2.24, 2.45) is 0 Å². The van der Waals surface area contributed by atoms with E-state index in [1.807, 2.05) is 0 Å². The number of benzene rings is 2. The first-order valence-electron chi connectivity index (χ1n) is 15.3. The number of alkyl carbamates (subject to hydrolysis) is 1. The van der Waals surface area contributed by atoms with E-state index >= 15 is 0 Å². The Morgan fingerprint density at radius 3 is 2.08 bits per heavy atom. The van der Waals surface area contributed by atoms with Gasteiger partial charge in [0.2, 0.25) is 0 Å². The zero-order valence-electron chi connectivity index (χ0n) is 28.1. The van der Waals surface area contributed by atoms with Crippen molar-refractivity contribution in [2.45, 2.75) is 115 Å². The molecule has 0 unspecified atom stereocenters. The summed E-state index contributed by atoms with van der Waals surface area (Å²) in [6, 6.07) is 4.88. The predicted molar refractivity (Wildman–Crippen MR) is 178 cm³/mol. The molecular formula is C33H43Cl2F3N2O7S. The van der Waals surface area contributed by atoms with Crippen molar-refractivity contribution < 1.29 is 45.4 Å². The quantitative estimate of drug-likeness (QED) is 0.157. The van der Waals surface area contributed by atoms with Crippen LogP contribution in [0.2, 0.25) is 10.0 Å². The molecule has 2 rings (SSSR count). The number of halogens is 5. The summed E-state index contributed by atoms with van der Waals surface area (Å²) >= 11 is 12.3. The number of rotatable bonds is 13. The largest absolute Gasteiger partial charge is 0.458 e. The number of unbranched alkanes of at least 4 members (excludes halogenated alkanes) is 2. The maximum atomic E-state index is 14.2. The Labute approximate surface area is 290 Å². The number of esters is 1. The molecule has 0 spiro atoms. The molecule has 0 heterocycles. The standard InChI is InChI=1S/C33H43Cl2F3N2O7S/c1-8-48(44,45)27-15-14-22(34)16-21(27)19-39-28(41)20-17-24(33(36,37)38)23(25(35)18-20)12-10-9-11-13-26(29(42)46-31(2,3)4)40-30(43)47-32(5,6)7/h14-18,26H,8-13,19H2,1-7H3,(H,39,41)(H,40,43)/t26-/m0/s1. The number of carbonyl (C=O) groups is 3. The first-order chi connectivity index (χ1) is 21.9. The molecule has 0 aliphatic heterocycles. The topological polar surface area (TPSA) is 128 Å². The molecule has 0 bridgehead atoms. The molecule has 0 aliphatic carbocycles. The summed E-state index contributed by atoms with van der Waals surface area (Å²) in [5.41, 5.74) is -3.05. The Morgan fingerprint density at radius 1 is 0.896 bits per heavy atom. The van der Waals surface area contributed by atoms with E-state index < -0.39 is 56.8 Å². The second kappa shape index (κ2) is 16.6. The molecule has 0 aliphatic rings. The molecule has 2 amide bonds. The lowest BCUT2D eigenvalue weighted by Gasteiger charge is -2.26. The molecule has 2 aromatic rings. The van der Waals surface area contributed by atoms with E-state index in [1.165, 1.54) is 25.1 Å². The van der Waals surface area contributed by atoms with Crippen molar-refractivity contribution in [2.75, 3.05) is 5.75 Å². The summed E-state index contributed by atoms with van der Waals surface area (Å²) in [5.74, 6) is -1.75. The second-order valence-electron chi connectivity index (χ2n) is 13.2. The highest BCUT2D eigenvalue weighted by atomic mass is 35.5. The first-order valence-corrected chi connectivity index (χ1v) is 17.8. The van der Waals surface area contributed by atoms with Crippen LogP contribution in [0.5, 0.6) is 0 Å². The summed E-state index contributed by atoms with van der Waals surface area (Å²) in [6.45, 7) is 11.2. The molecular weight excluding hydrogens is 696 g/mol. The third kappa shape index (κ3) is 13.1. The Balaban J connectivity index is 2.16. The molecule has 0 aromatic heterocycles. The SMILES string of the molecule is CCS(=O)(=O)c1ccc(Cl)cc1CNC(=O)c1cc(Cl)c(CCCCC[C@H](NC(=O)OC(C)(C)C)C(=O)OC(C)(C)C)c(C(F)(F)F)c1. The van der Waals surface area contributed by atoms with Crippen molar-refractivity contribution in [3.05, 3.63) is 62.6 Å². The highest BCUT2D eigenvalue weighted by Gasteiger charge is 2.35. The predicted octanol–water partition coefficient (Wildman–Crippen LogP) is 8.07. The molecule has 0 fully saturated rings. The number of nitrogens with one attached hydrogen (secondary N) is 2. The Morgan fingerprint density at radius 2 is 1.52 bits per heavy atom. The first kappa shape index (κ1) is 41.1. The van der Waals surface area contributed by atoms with Gasteiger partial charge in [-0.25, -0.2) is 18.0 Å². The minimum atomic E-state index is -4.83. The van der Waals surface area contributed by atoms with Crippen LogP contribution < -0.4 is 10.6 Å². The van der Waals surface area contributed by atoms with Crippen LogP contribution >= 0.6 is 23.2 Å². The van der Waals surface area contributed by atoms with Crippen molar-refractivity contribution >= 4 is 51.0 Å². The number of alkyl halides is 3.